The van der Waals surface area contributed by atoms with Crippen LogP contribution in [0.15, 0.2) is 33.5 Å². The smallest absolute Gasteiger partial charge is 0.408 e. The maximum Gasteiger partial charge on any atom is 0.408 e. The van der Waals surface area contributed by atoms with Crippen LogP contribution in [0.3, 0.4) is 0 Å². The topological polar surface area (TPSA) is 70.8 Å². The fourth-order valence-electron chi connectivity index (χ4n) is 2.01. The van der Waals surface area contributed by atoms with Crippen LogP contribution >= 0.6 is 11.6 Å². The molecule has 0 atom stereocenters. The molecular weight excluding hydrogens is 294 g/mol. The molecule has 112 valence electrons. The van der Waals surface area contributed by atoms with E-state index in [1.165, 1.54) is 4.90 Å². The minimum atomic E-state index is -1.09. The molecule has 2 rings (SSSR count). The first kappa shape index (κ1) is 15.4. The van der Waals surface area contributed by atoms with Crippen LogP contribution in [-0.2, 0) is 6.54 Å². The molecule has 0 bridgehead atoms. The zero-order chi connectivity index (χ0) is 15.8. The molecule has 0 fully saturated rings. The number of fused-ring (bicyclic) bond motifs is 1. The van der Waals surface area contributed by atoms with Gasteiger partial charge in [0.25, 0.3) is 0 Å². The van der Waals surface area contributed by atoms with Gasteiger partial charge in [0.1, 0.15) is 5.58 Å². The predicted octanol–water partition coefficient (Wildman–Crippen LogP) is 3.72. The van der Waals surface area contributed by atoms with Gasteiger partial charge in [0, 0.05) is 15.9 Å². The Labute approximate surface area is 126 Å². The third-order valence-corrected chi connectivity index (χ3v) is 3.37. The van der Waals surface area contributed by atoms with Gasteiger partial charge < -0.3 is 9.52 Å². The summed E-state index contributed by atoms with van der Waals surface area (Å²) in [6, 6.07) is 6.53. The van der Waals surface area contributed by atoms with Crippen molar-refractivity contribution in [3.63, 3.8) is 0 Å². The summed E-state index contributed by atoms with van der Waals surface area (Å²) in [5.74, 6) is 0. The normalized spacial score (nSPS) is 11.6. The van der Waals surface area contributed by atoms with Gasteiger partial charge in [0.05, 0.1) is 12.1 Å². The van der Waals surface area contributed by atoms with Gasteiger partial charge in [-0.3, -0.25) is 4.90 Å². The van der Waals surface area contributed by atoms with Crippen molar-refractivity contribution in [3.05, 3.63) is 45.3 Å². The molecule has 0 saturated carbocycles. The Morgan fingerprint density at radius 3 is 2.57 bits per heavy atom. The number of benzene rings is 1. The molecule has 0 aliphatic carbocycles. The quantitative estimate of drug-likeness (QED) is 0.858. The maximum absolute atomic E-state index is 12.0. The fourth-order valence-corrected chi connectivity index (χ4v) is 2.19. The standard InChI is InChI=1S/C15H16ClNO4/c1-15(2,3)17(14(19)20)8-10-6-9-7-11(16)4-5-12(9)21-13(10)18/h4-7H,8H2,1-3H3,(H,19,20). The second kappa shape index (κ2) is 5.41. The Hall–Kier alpha value is -2.01. The summed E-state index contributed by atoms with van der Waals surface area (Å²) >= 11 is 5.92. The number of carboxylic acid groups (broad SMARTS) is 1. The van der Waals surface area contributed by atoms with Crippen LogP contribution in [0.1, 0.15) is 26.3 Å². The Balaban J connectivity index is 2.48. The molecule has 1 aromatic heterocycles. The molecule has 0 unspecified atom stereocenters. The average Bonchev–Trinajstić information content (AvgIpc) is 2.34. The van der Waals surface area contributed by atoms with E-state index in [-0.39, 0.29) is 12.1 Å². The molecule has 0 saturated heterocycles. The number of nitrogens with zero attached hydrogens (tertiary/aromatic N) is 1. The van der Waals surface area contributed by atoms with E-state index >= 15 is 0 Å². The Bertz CT molecular complexity index is 745. The second-order valence-corrected chi connectivity index (χ2v) is 6.22. The van der Waals surface area contributed by atoms with Crippen molar-refractivity contribution >= 4 is 28.7 Å². The first-order chi connectivity index (χ1) is 9.68. The number of rotatable bonds is 2. The van der Waals surface area contributed by atoms with Crippen LogP contribution in [0.5, 0.6) is 0 Å². The van der Waals surface area contributed by atoms with Crippen LogP contribution in [0.4, 0.5) is 4.79 Å². The Morgan fingerprint density at radius 2 is 2.00 bits per heavy atom. The number of hydrogen-bond acceptors (Lipinski definition) is 3. The minimum Gasteiger partial charge on any atom is -0.465 e. The summed E-state index contributed by atoms with van der Waals surface area (Å²) in [7, 11) is 0. The average molecular weight is 310 g/mol. The number of hydrogen-bond donors (Lipinski definition) is 1. The molecular formula is C15H16ClNO4. The molecule has 0 aliphatic rings. The van der Waals surface area contributed by atoms with E-state index in [4.69, 9.17) is 16.0 Å². The zero-order valence-corrected chi connectivity index (χ0v) is 12.8. The molecule has 2 aromatic rings. The van der Waals surface area contributed by atoms with Crippen molar-refractivity contribution < 1.29 is 14.3 Å². The Morgan fingerprint density at radius 1 is 1.33 bits per heavy atom. The SMILES string of the molecule is CC(C)(C)N(Cc1cc2cc(Cl)ccc2oc1=O)C(=O)O. The third kappa shape index (κ3) is 3.36. The Kier molecular flexibility index (Phi) is 3.96. The largest absolute Gasteiger partial charge is 0.465 e. The molecule has 0 spiro atoms. The first-order valence-corrected chi connectivity index (χ1v) is 6.79. The van der Waals surface area contributed by atoms with Gasteiger partial charge in [-0.05, 0) is 45.0 Å². The molecule has 6 heteroatoms. The van der Waals surface area contributed by atoms with Crippen LogP contribution in [-0.4, -0.2) is 21.6 Å². The van der Waals surface area contributed by atoms with Gasteiger partial charge in [-0.15, -0.1) is 0 Å². The van der Waals surface area contributed by atoms with Crippen molar-refractivity contribution in [2.75, 3.05) is 0 Å². The molecule has 0 radical (unpaired) electrons. The summed E-state index contributed by atoms with van der Waals surface area (Å²) in [5, 5.41) is 10.5. The molecule has 1 amide bonds. The second-order valence-electron chi connectivity index (χ2n) is 5.78. The summed E-state index contributed by atoms with van der Waals surface area (Å²) in [5.41, 5.74) is -0.463. The predicted molar refractivity (Wildman–Crippen MR) is 80.8 cm³/mol. The van der Waals surface area contributed by atoms with Gasteiger partial charge in [-0.25, -0.2) is 9.59 Å². The summed E-state index contributed by atoms with van der Waals surface area (Å²) in [6.07, 6.45) is -1.09. The van der Waals surface area contributed by atoms with Gasteiger partial charge in [-0.2, -0.15) is 0 Å². The van der Waals surface area contributed by atoms with Gasteiger partial charge in [0.15, 0.2) is 0 Å². The lowest BCUT2D eigenvalue weighted by atomic mass is 10.1. The van der Waals surface area contributed by atoms with Gasteiger partial charge >= 0.3 is 11.7 Å². The third-order valence-electron chi connectivity index (χ3n) is 3.14. The summed E-state index contributed by atoms with van der Waals surface area (Å²) < 4.78 is 5.21. The highest BCUT2D eigenvalue weighted by Gasteiger charge is 2.27. The van der Waals surface area contributed by atoms with Crippen LogP contribution in [0, 0.1) is 0 Å². The molecule has 5 nitrogen and oxygen atoms in total. The number of amides is 1. The van der Waals surface area contributed by atoms with Crippen LogP contribution in [0.2, 0.25) is 5.02 Å². The van der Waals surface area contributed by atoms with Crippen molar-refractivity contribution in [1.82, 2.24) is 4.90 Å². The van der Waals surface area contributed by atoms with Crippen LogP contribution < -0.4 is 5.63 Å². The molecule has 1 N–H and O–H groups in total. The van der Waals surface area contributed by atoms with Gasteiger partial charge in [0.2, 0.25) is 0 Å². The van der Waals surface area contributed by atoms with Crippen molar-refractivity contribution in [2.45, 2.75) is 32.9 Å². The van der Waals surface area contributed by atoms with Crippen molar-refractivity contribution in [3.8, 4) is 0 Å². The monoisotopic (exact) mass is 309 g/mol. The highest BCUT2D eigenvalue weighted by Crippen LogP contribution is 2.21. The van der Waals surface area contributed by atoms with E-state index in [0.717, 1.165) is 0 Å². The zero-order valence-electron chi connectivity index (χ0n) is 12.0. The first-order valence-electron chi connectivity index (χ1n) is 6.41. The highest BCUT2D eigenvalue weighted by molar-refractivity contribution is 6.31. The number of carbonyl (C=O) groups is 1. The molecule has 0 aliphatic heterocycles. The molecule has 21 heavy (non-hydrogen) atoms. The van der Waals surface area contributed by atoms with E-state index in [0.29, 0.717) is 16.0 Å². The van der Waals surface area contributed by atoms with E-state index in [9.17, 15) is 14.7 Å². The fraction of sp³-hybridized carbons (Fsp3) is 0.333. The van der Waals surface area contributed by atoms with Gasteiger partial charge in [-0.1, -0.05) is 11.6 Å². The number of halogens is 1. The summed E-state index contributed by atoms with van der Waals surface area (Å²) in [4.78, 5) is 24.5. The highest BCUT2D eigenvalue weighted by atomic mass is 35.5. The van der Waals surface area contributed by atoms with E-state index in [1.807, 2.05) is 0 Å². The maximum atomic E-state index is 12.0. The van der Waals surface area contributed by atoms with Crippen molar-refractivity contribution in [2.24, 2.45) is 0 Å². The van der Waals surface area contributed by atoms with E-state index < -0.39 is 17.3 Å². The lowest BCUT2D eigenvalue weighted by Crippen LogP contribution is -2.45. The molecule has 1 heterocycles. The van der Waals surface area contributed by atoms with E-state index in [2.05, 4.69) is 0 Å². The minimum absolute atomic E-state index is 0.0381. The van der Waals surface area contributed by atoms with Crippen molar-refractivity contribution in [1.29, 1.82) is 0 Å². The van der Waals surface area contributed by atoms with Crippen LogP contribution in [0.25, 0.3) is 11.0 Å². The lowest BCUT2D eigenvalue weighted by molar-refractivity contribution is 0.0949. The van der Waals surface area contributed by atoms with E-state index in [1.54, 1.807) is 45.0 Å². The lowest BCUT2D eigenvalue weighted by Gasteiger charge is -2.32. The molecule has 1 aromatic carbocycles. The summed E-state index contributed by atoms with van der Waals surface area (Å²) in [6.45, 7) is 5.26.